The summed E-state index contributed by atoms with van der Waals surface area (Å²) in [6.07, 6.45) is 0. The van der Waals surface area contributed by atoms with Gasteiger partial charge < -0.3 is 10.1 Å². The van der Waals surface area contributed by atoms with Gasteiger partial charge in [-0.1, -0.05) is 75.6 Å². The lowest BCUT2D eigenvalue weighted by Crippen LogP contribution is -2.21. The number of ether oxygens (including phenoxy) is 1. The van der Waals surface area contributed by atoms with E-state index in [1.165, 1.54) is 0 Å². The monoisotopic (exact) mass is 508 g/mol. The maximum absolute atomic E-state index is 12.9. The molecule has 4 aromatic rings. The summed E-state index contributed by atoms with van der Waals surface area (Å²) in [6.45, 7) is 1.56. The number of fused-ring (bicyclic) bond motifs is 1. The first-order valence-corrected chi connectivity index (χ1v) is 11.0. The second-order valence-corrected chi connectivity index (χ2v) is 8.51. The number of amides is 1. The summed E-state index contributed by atoms with van der Waals surface area (Å²) in [7, 11) is 0. The molecule has 160 valence electrons. The Morgan fingerprint density at radius 2 is 1.78 bits per heavy atom. The quantitative estimate of drug-likeness (QED) is 0.315. The van der Waals surface area contributed by atoms with Crippen LogP contribution in [0.4, 0.5) is 5.69 Å². The van der Waals surface area contributed by atoms with Crippen molar-refractivity contribution in [2.75, 3.05) is 11.9 Å². The summed E-state index contributed by atoms with van der Waals surface area (Å²) in [4.78, 5) is 29.9. The number of hydrogen-bond donors (Lipinski definition) is 1. The highest BCUT2D eigenvalue weighted by molar-refractivity contribution is 9.10. The molecule has 0 saturated heterocycles. The van der Waals surface area contributed by atoms with Crippen molar-refractivity contribution in [3.63, 3.8) is 0 Å². The highest BCUT2D eigenvalue weighted by atomic mass is 79.9. The van der Waals surface area contributed by atoms with Crippen molar-refractivity contribution in [1.82, 2.24) is 4.98 Å². The minimum atomic E-state index is -0.603. The lowest BCUT2D eigenvalue weighted by molar-refractivity contribution is -0.119. The molecule has 0 spiro atoms. The van der Waals surface area contributed by atoms with Gasteiger partial charge in [-0.25, -0.2) is 9.78 Å². The third kappa shape index (κ3) is 4.98. The van der Waals surface area contributed by atoms with E-state index in [0.717, 1.165) is 15.6 Å². The van der Waals surface area contributed by atoms with Gasteiger partial charge in [-0.2, -0.15) is 0 Å². The van der Waals surface area contributed by atoms with Gasteiger partial charge in [0.05, 0.1) is 27.5 Å². The number of nitrogens with zero attached hydrogens (tertiary/aromatic N) is 1. The Morgan fingerprint density at radius 3 is 2.53 bits per heavy atom. The number of para-hydroxylation sites is 1. The topological polar surface area (TPSA) is 68.3 Å². The molecule has 0 aliphatic carbocycles. The molecule has 0 atom stereocenters. The summed E-state index contributed by atoms with van der Waals surface area (Å²) in [5.41, 5.74) is 4.13. The number of aryl methyl sites for hydroxylation is 1. The number of hydrogen-bond acceptors (Lipinski definition) is 4. The van der Waals surface area contributed by atoms with Crippen molar-refractivity contribution >= 4 is 56.0 Å². The fraction of sp³-hybridized carbons (Fsp3) is 0.0800. The van der Waals surface area contributed by atoms with Crippen LogP contribution in [0.1, 0.15) is 15.9 Å². The smallest absolute Gasteiger partial charge is 0.339 e. The number of carbonyl (C=O) groups is 2. The molecular weight excluding hydrogens is 492 g/mol. The van der Waals surface area contributed by atoms with E-state index in [1.807, 2.05) is 49.4 Å². The number of pyridine rings is 1. The van der Waals surface area contributed by atoms with Crippen molar-refractivity contribution in [2.24, 2.45) is 0 Å². The Labute approximate surface area is 198 Å². The van der Waals surface area contributed by atoms with Crippen LogP contribution < -0.4 is 5.32 Å². The Bertz CT molecular complexity index is 1320. The first-order valence-electron chi connectivity index (χ1n) is 9.79. The highest BCUT2D eigenvalue weighted by Crippen LogP contribution is 2.27. The molecule has 4 rings (SSSR count). The molecule has 32 heavy (non-hydrogen) atoms. The summed E-state index contributed by atoms with van der Waals surface area (Å²) in [6, 6.07) is 22.0. The molecule has 0 radical (unpaired) electrons. The molecule has 3 aromatic carbocycles. The van der Waals surface area contributed by atoms with Gasteiger partial charge in [0.25, 0.3) is 5.91 Å². The third-order valence-corrected chi connectivity index (χ3v) is 5.63. The van der Waals surface area contributed by atoms with Crippen molar-refractivity contribution in [3.8, 4) is 11.3 Å². The first-order chi connectivity index (χ1) is 15.4. The van der Waals surface area contributed by atoms with Crippen molar-refractivity contribution in [1.29, 1.82) is 0 Å². The Kier molecular flexibility index (Phi) is 6.53. The van der Waals surface area contributed by atoms with Crippen molar-refractivity contribution in [3.05, 3.63) is 93.4 Å². The fourth-order valence-corrected chi connectivity index (χ4v) is 3.92. The van der Waals surface area contributed by atoms with Crippen LogP contribution >= 0.6 is 27.5 Å². The number of nitrogens with one attached hydrogen (secondary N) is 1. The van der Waals surface area contributed by atoms with E-state index in [2.05, 4.69) is 26.2 Å². The summed E-state index contributed by atoms with van der Waals surface area (Å²) in [5, 5.41) is 3.68. The minimum Gasteiger partial charge on any atom is -0.452 e. The average molecular weight is 510 g/mol. The molecular formula is C25H18BrClN2O3. The Balaban J connectivity index is 1.56. The average Bonchev–Trinajstić information content (AvgIpc) is 2.79. The number of benzene rings is 3. The second kappa shape index (κ2) is 9.51. The molecule has 0 unspecified atom stereocenters. The van der Waals surface area contributed by atoms with E-state index in [9.17, 15) is 9.59 Å². The maximum Gasteiger partial charge on any atom is 0.339 e. The first kappa shape index (κ1) is 22.0. The molecule has 1 heterocycles. The summed E-state index contributed by atoms with van der Waals surface area (Å²) in [5.74, 6) is -1.09. The minimum absolute atomic E-state index is 0.348. The zero-order valence-corrected chi connectivity index (χ0v) is 19.4. The number of carbonyl (C=O) groups excluding carboxylic acids is 2. The van der Waals surface area contributed by atoms with E-state index in [-0.39, 0.29) is 0 Å². The van der Waals surface area contributed by atoms with Crippen LogP contribution in [-0.2, 0) is 9.53 Å². The molecule has 0 saturated carbocycles. The van der Waals surface area contributed by atoms with E-state index in [4.69, 9.17) is 16.3 Å². The largest absolute Gasteiger partial charge is 0.452 e. The van der Waals surface area contributed by atoms with E-state index >= 15 is 0 Å². The van der Waals surface area contributed by atoms with Crippen LogP contribution in [0.2, 0.25) is 5.02 Å². The fourth-order valence-electron chi connectivity index (χ4n) is 3.20. The van der Waals surface area contributed by atoms with Gasteiger partial charge >= 0.3 is 5.97 Å². The van der Waals surface area contributed by atoms with Gasteiger partial charge in [-0.05, 0) is 37.3 Å². The zero-order chi connectivity index (χ0) is 22.7. The molecule has 1 amide bonds. The molecule has 0 fully saturated rings. The standard InChI is InChI=1S/C25H18BrClN2O3/c1-15-6-8-16(9-7-15)23-13-19(18-4-2-3-5-21(18)28-23)25(31)32-14-24(30)29-22-11-10-17(26)12-20(22)27/h2-13H,14H2,1H3,(H,29,30). The second-order valence-electron chi connectivity index (χ2n) is 7.19. The van der Waals surface area contributed by atoms with Crippen LogP contribution in [-0.4, -0.2) is 23.5 Å². The van der Waals surface area contributed by atoms with Crippen LogP contribution in [0.5, 0.6) is 0 Å². The number of esters is 1. The molecule has 5 nitrogen and oxygen atoms in total. The van der Waals surface area contributed by atoms with Gasteiger partial charge in [0, 0.05) is 15.4 Å². The van der Waals surface area contributed by atoms with Gasteiger partial charge in [0.2, 0.25) is 0 Å². The highest BCUT2D eigenvalue weighted by Gasteiger charge is 2.17. The third-order valence-electron chi connectivity index (χ3n) is 4.82. The SMILES string of the molecule is Cc1ccc(-c2cc(C(=O)OCC(=O)Nc3ccc(Br)cc3Cl)c3ccccc3n2)cc1. The van der Waals surface area contributed by atoms with Gasteiger partial charge in [0.15, 0.2) is 6.61 Å². The number of halogens is 2. The van der Waals surface area contributed by atoms with E-state index in [1.54, 1.807) is 30.3 Å². The molecule has 1 aromatic heterocycles. The van der Waals surface area contributed by atoms with Crippen LogP contribution in [0, 0.1) is 6.92 Å². The van der Waals surface area contributed by atoms with Crippen LogP contribution in [0.3, 0.4) is 0 Å². The maximum atomic E-state index is 12.9. The predicted molar refractivity (Wildman–Crippen MR) is 130 cm³/mol. The summed E-state index contributed by atoms with van der Waals surface area (Å²) < 4.78 is 6.11. The lowest BCUT2D eigenvalue weighted by atomic mass is 10.0. The molecule has 0 bridgehead atoms. The zero-order valence-electron chi connectivity index (χ0n) is 17.1. The normalized spacial score (nSPS) is 10.7. The number of rotatable bonds is 5. The predicted octanol–water partition coefficient (Wildman–Crippen LogP) is 6.42. The van der Waals surface area contributed by atoms with Gasteiger partial charge in [-0.3, -0.25) is 4.79 Å². The number of aromatic nitrogens is 1. The van der Waals surface area contributed by atoms with Crippen molar-refractivity contribution in [2.45, 2.75) is 6.92 Å². The van der Waals surface area contributed by atoms with E-state index < -0.39 is 18.5 Å². The van der Waals surface area contributed by atoms with Crippen LogP contribution in [0.15, 0.2) is 77.3 Å². The van der Waals surface area contributed by atoms with Gasteiger partial charge in [-0.15, -0.1) is 0 Å². The molecule has 0 aliphatic heterocycles. The lowest BCUT2D eigenvalue weighted by Gasteiger charge is -2.11. The Hall–Kier alpha value is -3.22. The molecule has 0 aliphatic rings. The summed E-state index contributed by atoms with van der Waals surface area (Å²) >= 11 is 9.44. The number of anilines is 1. The molecule has 7 heteroatoms. The van der Waals surface area contributed by atoms with Crippen LogP contribution in [0.25, 0.3) is 22.2 Å². The molecule has 1 N–H and O–H groups in total. The van der Waals surface area contributed by atoms with Crippen molar-refractivity contribution < 1.29 is 14.3 Å². The Morgan fingerprint density at radius 1 is 1.03 bits per heavy atom. The van der Waals surface area contributed by atoms with E-state index in [0.29, 0.717) is 32.9 Å². The van der Waals surface area contributed by atoms with Gasteiger partial charge in [0.1, 0.15) is 0 Å².